The lowest BCUT2D eigenvalue weighted by molar-refractivity contribution is -0.124. The maximum absolute atomic E-state index is 12.0. The molecule has 1 aromatic carbocycles. The molecule has 4 heteroatoms. The van der Waals surface area contributed by atoms with E-state index in [0.29, 0.717) is 0 Å². The molecule has 2 aliphatic heterocycles. The Bertz CT molecular complexity index is 523. The summed E-state index contributed by atoms with van der Waals surface area (Å²) in [5.41, 5.74) is 8.08. The fourth-order valence-electron chi connectivity index (χ4n) is 3.75. The molecule has 2 aliphatic rings. The van der Waals surface area contributed by atoms with Gasteiger partial charge in [-0.3, -0.25) is 9.69 Å². The first kappa shape index (κ1) is 15.5. The van der Waals surface area contributed by atoms with Crippen LogP contribution in [0.1, 0.15) is 36.9 Å². The van der Waals surface area contributed by atoms with Gasteiger partial charge in [0.2, 0.25) is 5.91 Å². The lowest BCUT2D eigenvalue weighted by atomic mass is 9.92. The van der Waals surface area contributed by atoms with E-state index in [1.165, 1.54) is 31.5 Å². The van der Waals surface area contributed by atoms with Gasteiger partial charge >= 0.3 is 0 Å². The van der Waals surface area contributed by atoms with Crippen LogP contribution in [0.2, 0.25) is 0 Å². The number of likely N-dealkylation sites (tertiary alicyclic amines) is 1. The van der Waals surface area contributed by atoms with Crippen molar-refractivity contribution in [3.8, 4) is 0 Å². The number of rotatable bonds is 4. The minimum atomic E-state index is -0.256. The van der Waals surface area contributed by atoms with Gasteiger partial charge in [0.25, 0.3) is 0 Å². The van der Waals surface area contributed by atoms with Crippen LogP contribution >= 0.6 is 0 Å². The molecule has 3 rings (SSSR count). The summed E-state index contributed by atoms with van der Waals surface area (Å²) in [7, 11) is 0. The molecule has 0 radical (unpaired) electrons. The van der Waals surface area contributed by atoms with Crippen molar-refractivity contribution in [3.63, 3.8) is 0 Å². The number of nitrogens with zero attached hydrogens (tertiary/aromatic N) is 2. The number of amides is 1. The Balaban J connectivity index is 1.65. The van der Waals surface area contributed by atoms with Crippen molar-refractivity contribution in [1.29, 1.82) is 0 Å². The molecule has 1 fully saturated rings. The molecule has 22 heavy (non-hydrogen) atoms. The van der Waals surface area contributed by atoms with Gasteiger partial charge in [-0.25, -0.2) is 0 Å². The van der Waals surface area contributed by atoms with Crippen LogP contribution in [0.4, 0.5) is 0 Å². The molecule has 0 aliphatic carbocycles. The average molecular weight is 301 g/mol. The summed E-state index contributed by atoms with van der Waals surface area (Å²) in [4.78, 5) is 16.8. The smallest absolute Gasteiger partial charge is 0.239 e. The minimum absolute atomic E-state index is 0.223. The zero-order chi connectivity index (χ0) is 15.5. The Kier molecular flexibility index (Phi) is 4.79. The summed E-state index contributed by atoms with van der Waals surface area (Å²) in [5, 5.41) is 0. The first-order valence-electron chi connectivity index (χ1n) is 8.48. The number of piperidine rings is 1. The van der Waals surface area contributed by atoms with Gasteiger partial charge in [-0.2, -0.15) is 0 Å². The number of benzene rings is 1. The molecular weight excluding hydrogens is 274 g/mol. The molecule has 0 aromatic heterocycles. The van der Waals surface area contributed by atoms with Gasteiger partial charge in [0, 0.05) is 19.6 Å². The van der Waals surface area contributed by atoms with E-state index in [-0.39, 0.29) is 11.9 Å². The Hall–Kier alpha value is -1.39. The number of nitrogens with two attached hydrogens (primary N) is 1. The second-order valence-electron chi connectivity index (χ2n) is 6.81. The van der Waals surface area contributed by atoms with E-state index in [2.05, 4.69) is 28.9 Å². The summed E-state index contributed by atoms with van der Waals surface area (Å²) in [5.74, 6) is 0.635. The molecule has 1 aromatic rings. The fourth-order valence-corrected chi connectivity index (χ4v) is 3.75. The van der Waals surface area contributed by atoms with Crippen molar-refractivity contribution in [2.24, 2.45) is 11.7 Å². The van der Waals surface area contributed by atoms with Gasteiger partial charge < -0.3 is 10.6 Å². The zero-order valence-electron chi connectivity index (χ0n) is 13.5. The highest BCUT2D eigenvalue weighted by Gasteiger charge is 2.31. The van der Waals surface area contributed by atoms with Crippen molar-refractivity contribution in [1.82, 2.24) is 9.80 Å². The highest BCUT2D eigenvalue weighted by atomic mass is 16.1. The van der Waals surface area contributed by atoms with Crippen molar-refractivity contribution in [2.45, 2.75) is 32.2 Å². The van der Waals surface area contributed by atoms with Crippen molar-refractivity contribution in [2.75, 3.05) is 32.7 Å². The van der Waals surface area contributed by atoms with Crippen LogP contribution in [-0.2, 0) is 11.2 Å². The minimum Gasteiger partial charge on any atom is -0.368 e. The average Bonchev–Trinajstić information content (AvgIpc) is 2.53. The first-order chi connectivity index (χ1) is 10.6. The van der Waals surface area contributed by atoms with E-state index in [1.54, 1.807) is 0 Å². The third-order valence-electron chi connectivity index (χ3n) is 5.23. The van der Waals surface area contributed by atoms with Crippen LogP contribution < -0.4 is 5.73 Å². The Labute approximate surface area is 133 Å². The van der Waals surface area contributed by atoms with Crippen LogP contribution in [0, 0.1) is 5.92 Å². The number of hydrogen-bond acceptors (Lipinski definition) is 3. The predicted molar refractivity (Wildman–Crippen MR) is 88.5 cm³/mol. The molecule has 120 valence electrons. The third kappa shape index (κ3) is 3.33. The highest BCUT2D eigenvalue weighted by molar-refractivity contribution is 5.82. The lowest BCUT2D eigenvalue weighted by Crippen LogP contribution is -2.46. The maximum atomic E-state index is 12.0. The Morgan fingerprint density at radius 3 is 2.64 bits per heavy atom. The molecule has 1 unspecified atom stereocenters. The summed E-state index contributed by atoms with van der Waals surface area (Å²) in [6, 6.07) is 7.97. The zero-order valence-corrected chi connectivity index (χ0v) is 13.5. The van der Waals surface area contributed by atoms with E-state index < -0.39 is 0 Å². The van der Waals surface area contributed by atoms with E-state index in [9.17, 15) is 4.79 Å². The number of fused-ring (bicyclic) bond motifs is 1. The lowest BCUT2D eigenvalue weighted by Gasteiger charge is -2.37. The monoisotopic (exact) mass is 301 g/mol. The SMILES string of the molecule is CC1CCN(CCN2CCc3ccccc3C2C(N)=O)CC1. The van der Waals surface area contributed by atoms with Crippen molar-refractivity contribution in [3.05, 3.63) is 35.4 Å². The second-order valence-corrected chi connectivity index (χ2v) is 6.81. The quantitative estimate of drug-likeness (QED) is 0.922. The maximum Gasteiger partial charge on any atom is 0.239 e. The molecule has 2 N–H and O–H groups in total. The number of hydrogen-bond donors (Lipinski definition) is 1. The summed E-state index contributed by atoms with van der Waals surface area (Å²) in [6.45, 7) is 7.60. The summed E-state index contributed by atoms with van der Waals surface area (Å²) < 4.78 is 0. The standard InChI is InChI=1S/C18H27N3O/c1-14-6-9-20(10-7-14)12-13-21-11-8-15-4-2-3-5-16(15)17(21)18(19)22/h2-5,14,17H,6-13H2,1H3,(H2,19,22). The van der Waals surface area contributed by atoms with Crippen molar-refractivity contribution >= 4 is 5.91 Å². The van der Waals surface area contributed by atoms with E-state index >= 15 is 0 Å². The van der Waals surface area contributed by atoms with Gasteiger partial charge in [-0.1, -0.05) is 31.2 Å². The Morgan fingerprint density at radius 2 is 1.91 bits per heavy atom. The molecule has 0 bridgehead atoms. The van der Waals surface area contributed by atoms with Gasteiger partial charge in [0.15, 0.2) is 0 Å². The number of primary amides is 1. The molecule has 2 heterocycles. The highest BCUT2D eigenvalue weighted by Crippen LogP contribution is 2.29. The largest absolute Gasteiger partial charge is 0.368 e. The topological polar surface area (TPSA) is 49.6 Å². The van der Waals surface area contributed by atoms with Crippen LogP contribution in [0.15, 0.2) is 24.3 Å². The van der Waals surface area contributed by atoms with E-state index in [1.807, 2.05) is 12.1 Å². The molecule has 4 nitrogen and oxygen atoms in total. The van der Waals surface area contributed by atoms with Crippen LogP contribution in [0.3, 0.4) is 0 Å². The first-order valence-corrected chi connectivity index (χ1v) is 8.48. The van der Waals surface area contributed by atoms with E-state index in [4.69, 9.17) is 5.73 Å². The molecule has 1 saturated heterocycles. The van der Waals surface area contributed by atoms with E-state index in [0.717, 1.165) is 37.5 Å². The van der Waals surface area contributed by atoms with Gasteiger partial charge in [0.1, 0.15) is 6.04 Å². The molecule has 0 saturated carbocycles. The Morgan fingerprint density at radius 1 is 1.18 bits per heavy atom. The van der Waals surface area contributed by atoms with Crippen LogP contribution in [0.5, 0.6) is 0 Å². The van der Waals surface area contributed by atoms with Gasteiger partial charge in [-0.15, -0.1) is 0 Å². The van der Waals surface area contributed by atoms with Crippen molar-refractivity contribution < 1.29 is 4.79 Å². The molecular formula is C18H27N3O. The molecule has 1 amide bonds. The number of carbonyl (C=O) groups excluding carboxylic acids is 1. The normalized spacial score (nSPS) is 24.1. The van der Waals surface area contributed by atoms with Gasteiger partial charge in [-0.05, 0) is 49.4 Å². The van der Waals surface area contributed by atoms with Crippen LogP contribution in [0.25, 0.3) is 0 Å². The fraction of sp³-hybridized carbons (Fsp3) is 0.611. The van der Waals surface area contributed by atoms with Crippen LogP contribution in [-0.4, -0.2) is 48.4 Å². The third-order valence-corrected chi connectivity index (χ3v) is 5.23. The predicted octanol–water partition coefficient (Wildman–Crippen LogP) is 1.80. The number of carbonyl (C=O) groups is 1. The summed E-state index contributed by atoms with van der Waals surface area (Å²) >= 11 is 0. The molecule has 1 atom stereocenters. The van der Waals surface area contributed by atoms with Gasteiger partial charge in [0.05, 0.1) is 0 Å². The molecule has 0 spiro atoms. The second kappa shape index (κ2) is 6.80. The summed E-state index contributed by atoms with van der Waals surface area (Å²) in [6.07, 6.45) is 3.60.